The van der Waals surface area contributed by atoms with Gasteiger partial charge in [0.05, 0.1) is 13.2 Å². The van der Waals surface area contributed by atoms with E-state index in [1.165, 1.54) is 180 Å². The van der Waals surface area contributed by atoms with Crippen LogP contribution in [-0.2, 0) is 14.3 Å². The van der Waals surface area contributed by atoms with Gasteiger partial charge in [-0.3, -0.25) is 4.79 Å². The van der Waals surface area contributed by atoms with E-state index in [1.54, 1.807) is 0 Å². The molecule has 1 unspecified atom stereocenters. The van der Waals surface area contributed by atoms with Crippen molar-refractivity contribution in [3.8, 4) is 0 Å². The Labute approximate surface area is 319 Å². The molecular formula is C47H88O4. The Bertz CT molecular complexity index is 757. The van der Waals surface area contributed by atoms with Gasteiger partial charge < -0.3 is 14.6 Å². The highest BCUT2D eigenvalue weighted by molar-refractivity contribution is 5.69. The molecular weight excluding hydrogens is 629 g/mol. The Morgan fingerprint density at radius 2 is 0.824 bits per heavy atom. The third kappa shape index (κ3) is 42.9. The summed E-state index contributed by atoms with van der Waals surface area (Å²) in [6.45, 7) is 5.36. The van der Waals surface area contributed by atoms with Crippen LogP contribution < -0.4 is 0 Å². The zero-order valence-corrected chi connectivity index (χ0v) is 34.4. The number of unbranched alkanes of at least 4 members (excludes halogenated alkanes) is 28. The fourth-order valence-electron chi connectivity index (χ4n) is 6.57. The van der Waals surface area contributed by atoms with Gasteiger partial charge in [0.15, 0.2) is 0 Å². The van der Waals surface area contributed by atoms with Gasteiger partial charge in [-0.05, 0) is 51.4 Å². The molecule has 0 spiro atoms. The van der Waals surface area contributed by atoms with Crippen molar-refractivity contribution in [2.45, 2.75) is 238 Å². The maximum atomic E-state index is 12.2. The average molecular weight is 717 g/mol. The summed E-state index contributed by atoms with van der Waals surface area (Å²) in [6.07, 6.45) is 56.4. The molecule has 0 bridgehead atoms. The van der Waals surface area contributed by atoms with Crippen LogP contribution >= 0.6 is 0 Å². The molecule has 0 aromatic rings. The zero-order chi connectivity index (χ0) is 37.0. The smallest absolute Gasteiger partial charge is 0.306 e. The quantitative estimate of drug-likeness (QED) is 0.0388. The lowest BCUT2D eigenvalue weighted by Crippen LogP contribution is -2.27. The molecule has 0 saturated heterocycles. The van der Waals surface area contributed by atoms with E-state index in [0.717, 1.165) is 32.1 Å². The second kappa shape index (κ2) is 44.8. The van der Waals surface area contributed by atoms with Crippen molar-refractivity contribution in [3.05, 3.63) is 36.5 Å². The molecule has 4 nitrogen and oxygen atoms in total. The molecule has 0 aliphatic carbocycles. The highest BCUT2D eigenvalue weighted by Crippen LogP contribution is 2.15. The fourth-order valence-corrected chi connectivity index (χ4v) is 6.57. The second-order valence-corrected chi connectivity index (χ2v) is 15.1. The van der Waals surface area contributed by atoms with Crippen LogP contribution in [0.2, 0.25) is 0 Å². The van der Waals surface area contributed by atoms with E-state index in [2.05, 4.69) is 50.3 Å². The average Bonchev–Trinajstić information content (AvgIpc) is 3.14. The van der Waals surface area contributed by atoms with E-state index in [9.17, 15) is 9.90 Å². The van der Waals surface area contributed by atoms with E-state index in [0.29, 0.717) is 19.6 Å². The number of esters is 1. The number of ether oxygens (including phenoxy) is 2. The monoisotopic (exact) mass is 717 g/mol. The predicted octanol–water partition coefficient (Wildman–Crippen LogP) is 14.9. The first-order valence-electron chi connectivity index (χ1n) is 22.6. The van der Waals surface area contributed by atoms with E-state index in [4.69, 9.17) is 9.47 Å². The zero-order valence-electron chi connectivity index (χ0n) is 34.4. The molecule has 1 N–H and O–H groups in total. The molecule has 0 aromatic carbocycles. The van der Waals surface area contributed by atoms with Crippen molar-refractivity contribution in [1.82, 2.24) is 0 Å². The van der Waals surface area contributed by atoms with Gasteiger partial charge >= 0.3 is 5.97 Å². The van der Waals surface area contributed by atoms with Crippen LogP contribution in [-0.4, -0.2) is 37.0 Å². The highest BCUT2D eigenvalue weighted by atomic mass is 16.6. The first-order chi connectivity index (χ1) is 25.2. The molecule has 0 aliphatic rings. The maximum Gasteiger partial charge on any atom is 0.306 e. The predicted molar refractivity (Wildman–Crippen MR) is 224 cm³/mol. The summed E-state index contributed by atoms with van der Waals surface area (Å²) in [7, 11) is 0. The van der Waals surface area contributed by atoms with Crippen LogP contribution in [0, 0.1) is 0 Å². The van der Waals surface area contributed by atoms with Crippen LogP contribution in [0.5, 0.6) is 0 Å². The lowest BCUT2D eigenvalue weighted by Gasteiger charge is -2.16. The molecule has 0 rings (SSSR count). The van der Waals surface area contributed by atoms with E-state index in [-0.39, 0.29) is 12.6 Å². The van der Waals surface area contributed by atoms with Crippen molar-refractivity contribution in [3.63, 3.8) is 0 Å². The van der Waals surface area contributed by atoms with Crippen LogP contribution in [0.1, 0.15) is 232 Å². The fraction of sp³-hybridized carbons (Fsp3) is 0.851. The minimum absolute atomic E-state index is 0.170. The van der Waals surface area contributed by atoms with Crippen LogP contribution in [0.4, 0.5) is 0 Å². The summed E-state index contributed by atoms with van der Waals surface area (Å²) in [5.74, 6) is -0.202. The summed E-state index contributed by atoms with van der Waals surface area (Å²) < 4.78 is 11.2. The molecule has 0 heterocycles. The van der Waals surface area contributed by atoms with Crippen LogP contribution in [0.25, 0.3) is 0 Å². The molecule has 0 radical (unpaired) electrons. The van der Waals surface area contributed by atoms with Gasteiger partial charge in [-0.2, -0.15) is 0 Å². The normalized spacial score (nSPS) is 12.6. The Morgan fingerprint density at radius 3 is 1.24 bits per heavy atom. The van der Waals surface area contributed by atoms with Crippen molar-refractivity contribution in [2.24, 2.45) is 0 Å². The van der Waals surface area contributed by atoms with Gasteiger partial charge in [0.2, 0.25) is 0 Å². The standard InChI is InChI=1S/C47H88O4/c1-3-5-7-9-11-13-15-17-19-20-21-22-23-24-25-26-27-28-29-30-32-34-36-38-40-42-47(49)51-46(44-48)45-50-43-41-39-37-35-33-31-18-16-14-12-10-8-6-4-2/h15,17,20-21,23-24,46,48H,3-14,16,18-19,22,25-45H2,1-2H3/b17-15-,21-20-,24-23-. The topological polar surface area (TPSA) is 55.8 Å². The number of carbonyl (C=O) groups is 1. The van der Waals surface area contributed by atoms with E-state index in [1.807, 2.05) is 0 Å². The number of aliphatic hydroxyl groups excluding tert-OH is 1. The van der Waals surface area contributed by atoms with Crippen molar-refractivity contribution in [2.75, 3.05) is 19.8 Å². The van der Waals surface area contributed by atoms with E-state index < -0.39 is 6.10 Å². The molecule has 51 heavy (non-hydrogen) atoms. The number of carbonyl (C=O) groups excluding carboxylic acids is 1. The number of allylic oxidation sites excluding steroid dienone is 6. The van der Waals surface area contributed by atoms with Crippen LogP contribution in [0.3, 0.4) is 0 Å². The Balaban J connectivity index is 3.42. The molecule has 0 aromatic heterocycles. The van der Waals surface area contributed by atoms with E-state index >= 15 is 0 Å². The Hall–Kier alpha value is -1.39. The second-order valence-electron chi connectivity index (χ2n) is 15.1. The van der Waals surface area contributed by atoms with Gasteiger partial charge in [0.1, 0.15) is 6.10 Å². The summed E-state index contributed by atoms with van der Waals surface area (Å²) in [5.41, 5.74) is 0. The Morgan fingerprint density at radius 1 is 0.471 bits per heavy atom. The minimum Gasteiger partial charge on any atom is -0.457 e. The minimum atomic E-state index is -0.533. The number of hydrogen-bond acceptors (Lipinski definition) is 4. The molecule has 4 heteroatoms. The number of rotatable bonds is 42. The van der Waals surface area contributed by atoms with Gasteiger partial charge in [-0.15, -0.1) is 0 Å². The van der Waals surface area contributed by atoms with Gasteiger partial charge in [0.25, 0.3) is 0 Å². The summed E-state index contributed by atoms with van der Waals surface area (Å²) in [4.78, 5) is 12.2. The molecule has 0 aliphatic heterocycles. The molecule has 0 saturated carbocycles. The molecule has 0 fully saturated rings. The summed E-state index contributed by atoms with van der Waals surface area (Å²) >= 11 is 0. The largest absolute Gasteiger partial charge is 0.457 e. The number of aliphatic hydroxyl groups is 1. The summed E-state index contributed by atoms with van der Waals surface area (Å²) in [6, 6.07) is 0. The first kappa shape index (κ1) is 49.6. The van der Waals surface area contributed by atoms with Gasteiger partial charge in [-0.1, -0.05) is 211 Å². The van der Waals surface area contributed by atoms with Crippen LogP contribution in [0.15, 0.2) is 36.5 Å². The third-order valence-electron chi connectivity index (χ3n) is 9.97. The molecule has 300 valence electrons. The molecule has 1 atom stereocenters. The first-order valence-corrected chi connectivity index (χ1v) is 22.6. The maximum absolute atomic E-state index is 12.2. The third-order valence-corrected chi connectivity index (χ3v) is 9.97. The van der Waals surface area contributed by atoms with Crippen molar-refractivity contribution < 1.29 is 19.4 Å². The Kier molecular flexibility index (Phi) is 43.5. The lowest BCUT2D eigenvalue weighted by atomic mass is 10.0. The van der Waals surface area contributed by atoms with Crippen molar-refractivity contribution in [1.29, 1.82) is 0 Å². The lowest BCUT2D eigenvalue weighted by molar-refractivity contribution is -0.154. The van der Waals surface area contributed by atoms with Gasteiger partial charge in [0, 0.05) is 13.0 Å². The molecule has 0 amide bonds. The SMILES string of the molecule is CCCCCCC/C=C\C/C=C\C/C=C\CCCCCCCCCCCCC(=O)OC(CO)COCCCCCCCCCCCCCCCC. The van der Waals surface area contributed by atoms with Gasteiger partial charge in [-0.25, -0.2) is 0 Å². The number of hydrogen-bond donors (Lipinski definition) is 1. The van der Waals surface area contributed by atoms with Crippen molar-refractivity contribution >= 4 is 5.97 Å². The summed E-state index contributed by atoms with van der Waals surface area (Å²) in [5, 5.41) is 9.60. The highest BCUT2D eigenvalue weighted by Gasteiger charge is 2.13.